The Labute approximate surface area is 158 Å². The average molecular weight is 398 g/mol. The van der Waals surface area contributed by atoms with Crippen molar-refractivity contribution < 1.29 is 4.79 Å². The van der Waals surface area contributed by atoms with Gasteiger partial charge in [0.05, 0.1) is 26.3 Å². The number of carbonyl (C=O) groups excluding carboxylic acids is 1. The monoisotopic (exact) mass is 396 g/mol. The lowest BCUT2D eigenvalue weighted by Gasteiger charge is -2.09. The third-order valence-electron chi connectivity index (χ3n) is 3.30. The molecule has 122 valence electrons. The van der Waals surface area contributed by atoms with Gasteiger partial charge in [-0.3, -0.25) is 4.79 Å². The number of benzene rings is 2. The van der Waals surface area contributed by atoms with Crippen LogP contribution in [0.1, 0.15) is 15.4 Å². The van der Waals surface area contributed by atoms with Crippen LogP contribution in [0, 0.1) is 6.92 Å². The number of hydrogen-bond acceptors (Lipinski definition) is 3. The number of anilines is 1. The van der Waals surface area contributed by atoms with Crippen molar-refractivity contribution in [2.45, 2.75) is 6.92 Å². The molecule has 0 fully saturated rings. The Hall–Kier alpha value is -1.59. The van der Waals surface area contributed by atoms with Crippen molar-refractivity contribution in [3.63, 3.8) is 0 Å². The van der Waals surface area contributed by atoms with Gasteiger partial charge < -0.3 is 5.32 Å². The number of hydrogen-bond donors (Lipinski definition) is 1. The van der Waals surface area contributed by atoms with E-state index in [4.69, 9.17) is 34.8 Å². The number of carbonyl (C=O) groups is 1. The van der Waals surface area contributed by atoms with Crippen LogP contribution in [-0.4, -0.2) is 10.9 Å². The van der Waals surface area contributed by atoms with Gasteiger partial charge in [-0.1, -0.05) is 34.8 Å². The number of rotatable bonds is 3. The van der Waals surface area contributed by atoms with Crippen molar-refractivity contribution >= 4 is 57.7 Å². The molecule has 0 radical (unpaired) electrons. The SMILES string of the molecule is Cc1nc(-c2ccc(NC(=O)c3ccc(Cl)cc3Cl)cc2Cl)cs1. The third-order valence-corrected chi connectivity index (χ3v) is 4.93. The Balaban J connectivity index is 1.83. The van der Waals surface area contributed by atoms with Gasteiger partial charge in [0.15, 0.2) is 0 Å². The Bertz CT molecular complexity index is 924. The van der Waals surface area contributed by atoms with E-state index in [0.717, 1.165) is 16.3 Å². The van der Waals surface area contributed by atoms with Crippen molar-refractivity contribution in [2.75, 3.05) is 5.32 Å². The lowest BCUT2D eigenvalue weighted by molar-refractivity contribution is 0.102. The molecule has 3 rings (SSSR count). The lowest BCUT2D eigenvalue weighted by Crippen LogP contribution is -2.12. The number of halogens is 3. The number of thiazole rings is 1. The molecule has 1 N–H and O–H groups in total. The summed E-state index contributed by atoms with van der Waals surface area (Å²) in [5.41, 5.74) is 2.56. The van der Waals surface area contributed by atoms with Gasteiger partial charge in [0.2, 0.25) is 0 Å². The Morgan fingerprint density at radius 1 is 1.08 bits per heavy atom. The molecule has 2 aromatic carbocycles. The maximum absolute atomic E-state index is 12.3. The highest BCUT2D eigenvalue weighted by Crippen LogP contribution is 2.31. The molecular formula is C17H11Cl3N2OS. The normalized spacial score (nSPS) is 10.7. The fourth-order valence-electron chi connectivity index (χ4n) is 2.16. The van der Waals surface area contributed by atoms with E-state index in [0.29, 0.717) is 26.3 Å². The molecule has 1 aromatic heterocycles. The van der Waals surface area contributed by atoms with Gasteiger partial charge in [0.25, 0.3) is 5.91 Å². The molecule has 0 spiro atoms. The van der Waals surface area contributed by atoms with Crippen LogP contribution in [-0.2, 0) is 0 Å². The van der Waals surface area contributed by atoms with Crippen LogP contribution in [0.3, 0.4) is 0 Å². The molecule has 0 aliphatic heterocycles. The summed E-state index contributed by atoms with van der Waals surface area (Å²) >= 11 is 19.8. The predicted molar refractivity (Wildman–Crippen MR) is 102 cm³/mol. The second-order valence-corrected chi connectivity index (χ2v) is 7.34. The highest BCUT2D eigenvalue weighted by Gasteiger charge is 2.13. The molecule has 3 aromatic rings. The Kier molecular flexibility index (Phi) is 5.11. The fraction of sp³-hybridized carbons (Fsp3) is 0.0588. The molecule has 1 heterocycles. The van der Waals surface area contributed by atoms with Crippen LogP contribution in [0.25, 0.3) is 11.3 Å². The molecule has 0 aliphatic carbocycles. The van der Waals surface area contributed by atoms with Crippen LogP contribution < -0.4 is 5.32 Å². The third kappa shape index (κ3) is 3.73. The molecule has 3 nitrogen and oxygen atoms in total. The molecule has 24 heavy (non-hydrogen) atoms. The lowest BCUT2D eigenvalue weighted by atomic mass is 10.1. The van der Waals surface area contributed by atoms with Crippen molar-refractivity contribution in [3.8, 4) is 11.3 Å². The smallest absolute Gasteiger partial charge is 0.257 e. The first-order chi connectivity index (χ1) is 11.4. The second kappa shape index (κ2) is 7.11. The van der Waals surface area contributed by atoms with Crippen LogP contribution >= 0.6 is 46.1 Å². The van der Waals surface area contributed by atoms with E-state index < -0.39 is 0 Å². The van der Waals surface area contributed by atoms with Crippen molar-refractivity contribution in [2.24, 2.45) is 0 Å². The maximum Gasteiger partial charge on any atom is 0.257 e. The van der Waals surface area contributed by atoms with Gasteiger partial charge in [-0.15, -0.1) is 11.3 Å². The molecule has 0 saturated heterocycles. The quantitative estimate of drug-likeness (QED) is 0.561. The van der Waals surface area contributed by atoms with Gasteiger partial charge in [-0.05, 0) is 43.3 Å². The summed E-state index contributed by atoms with van der Waals surface area (Å²) in [4.78, 5) is 16.7. The molecule has 0 unspecified atom stereocenters. The first kappa shape index (κ1) is 17.2. The summed E-state index contributed by atoms with van der Waals surface area (Å²) in [6.07, 6.45) is 0. The second-order valence-electron chi connectivity index (χ2n) is 5.02. The van der Waals surface area contributed by atoms with E-state index in [9.17, 15) is 4.79 Å². The van der Waals surface area contributed by atoms with Crippen LogP contribution in [0.15, 0.2) is 41.8 Å². The van der Waals surface area contributed by atoms with E-state index in [2.05, 4.69) is 10.3 Å². The minimum atomic E-state index is -0.329. The number of aromatic nitrogens is 1. The standard InChI is InChI=1S/C17H11Cl3N2OS/c1-9-21-16(8-24-9)12-5-3-11(7-15(12)20)22-17(23)13-4-2-10(18)6-14(13)19/h2-8H,1H3,(H,22,23). The van der Waals surface area contributed by atoms with Crippen molar-refractivity contribution in [1.82, 2.24) is 4.98 Å². The molecule has 0 aliphatic rings. The van der Waals surface area contributed by atoms with Gasteiger partial charge in [-0.2, -0.15) is 0 Å². The number of amides is 1. The minimum absolute atomic E-state index is 0.292. The van der Waals surface area contributed by atoms with Gasteiger partial charge >= 0.3 is 0 Å². The first-order valence-corrected chi connectivity index (χ1v) is 8.94. The van der Waals surface area contributed by atoms with E-state index >= 15 is 0 Å². The van der Waals surface area contributed by atoms with Gasteiger partial charge in [0.1, 0.15) is 0 Å². The zero-order valence-corrected chi connectivity index (χ0v) is 15.5. The number of aryl methyl sites for hydroxylation is 1. The minimum Gasteiger partial charge on any atom is -0.322 e. The highest BCUT2D eigenvalue weighted by atomic mass is 35.5. The molecule has 1 amide bonds. The predicted octanol–water partition coefficient (Wildman–Crippen LogP) is 6.33. The largest absolute Gasteiger partial charge is 0.322 e. The van der Waals surface area contributed by atoms with Crippen LogP contribution in [0.4, 0.5) is 5.69 Å². The molecule has 0 saturated carbocycles. The Morgan fingerprint density at radius 2 is 1.88 bits per heavy atom. The molecular weight excluding hydrogens is 387 g/mol. The Morgan fingerprint density at radius 3 is 2.50 bits per heavy atom. The fourth-order valence-corrected chi connectivity index (χ4v) is 3.54. The van der Waals surface area contributed by atoms with E-state index in [1.807, 2.05) is 18.4 Å². The van der Waals surface area contributed by atoms with Gasteiger partial charge in [0, 0.05) is 21.7 Å². The average Bonchev–Trinajstić information content (AvgIpc) is 2.93. The zero-order chi connectivity index (χ0) is 17.3. The van der Waals surface area contributed by atoms with Crippen molar-refractivity contribution in [3.05, 3.63) is 67.4 Å². The zero-order valence-electron chi connectivity index (χ0n) is 12.4. The summed E-state index contributed by atoms with van der Waals surface area (Å²) in [5.74, 6) is -0.329. The van der Waals surface area contributed by atoms with E-state index in [-0.39, 0.29) is 5.91 Å². The summed E-state index contributed by atoms with van der Waals surface area (Å²) in [6, 6.07) is 10.0. The highest BCUT2D eigenvalue weighted by molar-refractivity contribution is 7.09. The molecule has 0 bridgehead atoms. The van der Waals surface area contributed by atoms with E-state index in [1.165, 1.54) is 6.07 Å². The van der Waals surface area contributed by atoms with Crippen LogP contribution in [0.5, 0.6) is 0 Å². The molecule has 7 heteroatoms. The maximum atomic E-state index is 12.3. The summed E-state index contributed by atoms with van der Waals surface area (Å²) in [6.45, 7) is 1.94. The van der Waals surface area contributed by atoms with Crippen LogP contribution in [0.2, 0.25) is 15.1 Å². The first-order valence-electron chi connectivity index (χ1n) is 6.92. The summed E-state index contributed by atoms with van der Waals surface area (Å²) < 4.78 is 0. The van der Waals surface area contributed by atoms with Gasteiger partial charge in [-0.25, -0.2) is 4.98 Å². The summed E-state index contributed by atoms with van der Waals surface area (Å²) in [5, 5.41) is 6.97. The van der Waals surface area contributed by atoms with E-state index in [1.54, 1.807) is 35.6 Å². The summed E-state index contributed by atoms with van der Waals surface area (Å²) in [7, 11) is 0. The van der Waals surface area contributed by atoms with Crippen molar-refractivity contribution in [1.29, 1.82) is 0 Å². The molecule has 0 atom stereocenters. The number of nitrogens with zero attached hydrogens (tertiary/aromatic N) is 1. The topological polar surface area (TPSA) is 42.0 Å². The number of nitrogens with one attached hydrogen (secondary N) is 1.